The summed E-state index contributed by atoms with van der Waals surface area (Å²) in [6.07, 6.45) is 0. The SMILES string of the molecule is c1ccc(-c2nc(-c3ccc(-c4ccc(-c5cccc6oc7ccccc7c56)c5c4oc4ccccc45)cc3)nc(-c3cccc4oc5ccccc5c34)n2)cc1. The number of hydrogen-bond donors (Lipinski definition) is 0. The van der Waals surface area contributed by atoms with Crippen LogP contribution in [-0.4, -0.2) is 15.0 Å². The molecule has 57 heavy (non-hydrogen) atoms. The molecule has 0 N–H and O–H groups in total. The van der Waals surface area contributed by atoms with E-state index < -0.39 is 0 Å². The van der Waals surface area contributed by atoms with Gasteiger partial charge in [0.15, 0.2) is 17.5 Å². The van der Waals surface area contributed by atoms with Crippen molar-refractivity contribution in [1.82, 2.24) is 15.0 Å². The summed E-state index contributed by atoms with van der Waals surface area (Å²) in [5.41, 5.74) is 11.9. The van der Waals surface area contributed by atoms with Gasteiger partial charge >= 0.3 is 0 Å². The molecule has 4 heterocycles. The van der Waals surface area contributed by atoms with Crippen molar-refractivity contribution in [3.8, 4) is 56.4 Å². The number of nitrogens with zero attached hydrogens (tertiary/aromatic N) is 3. The van der Waals surface area contributed by atoms with Gasteiger partial charge in [-0.3, -0.25) is 0 Å². The van der Waals surface area contributed by atoms with Crippen molar-refractivity contribution >= 4 is 65.8 Å². The Hall–Kier alpha value is -7.83. The number of hydrogen-bond acceptors (Lipinski definition) is 6. The van der Waals surface area contributed by atoms with E-state index in [9.17, 15) is 0 Å². The quantitative estimate of drug-likeness (QED) is 0.175. The van der Waals surface area contributed by atoms with Gasteiger partial charge in [0.1, 0.15) is 33.5 Å². The van der Waals surface area contributed by atoms with Gasteiger partial charge in [0.25, 0.3) is 0 Å². The van der Waals surface area contributed by atoms with Crippen molar-refractivity contribution in [2.75, 3.05) is 0 Å². The zero-order chi connectivity index (χ0) is 37.5. The summed E-state index contributed by atoms with van der Waals surface area (Å²) >= 11 is 0. The number of para-hydroxylation sites is 3. The molecule has 6 nitrogen and oxygen atoms in total. The summed E-state index contributed by atoms with van der Waals surface area (Å²) in [5.74, 6) is 1.77. The molecule has 266 valence electrons. The van der Waals surface area contributed by atoms with Crippen molar-refractivity contribution in [2.45, 2.75) is 0 Å². The highest BCUT2D eigenvalue weighted by molar-refractivity contribution is 6.21. The van der Waals surface area contributed by atoms with E-state index in [1.807, 2.05) is 91.0 Å². The molecule has 0 aliphatic heterocycles. The molecular weight excluding hydrogens is 703 g/mol. The first kappa shape index (κ1) is 31.5. The van der Waals surface area contributed by atoms with Crippen LogP contribution in [0.1, 0.15) is 0 Å². The molecule has 0 radical (unpaired) electrons. The number of rotatable bonds is 5. The summed E-state index contributed by atoms with van der Waals surface area (Å²) in [7, 11) is 0. The van der Waals surface area contributed by atoms with Gasteiger partial charge in [-0.05, 0) is 53.1 Å². The smallest absolute Gasteiger partial charge is 0.164 e. The van der Waals surface area contributed by atoms with E-state index in [4.69, 9.17) is 28.2 Å². The summed E-state index contributed by atoms with van der Waals surface area (Å²) in [6.45, 7) is 0. The maximum Gasteiger partial charge on any atom is 0.164 e. The molecule has 12 aromatic rings. The molecule has 0 saturated heterocycles. The summed E-state index contributed by atoms with van der Waals surface area (Å²) in [4.78, 5) is 15.2. The second-order valence-corrected chi connectivity index (χ2v) is 14.3. The van der Waals surface area contributed by atoms with E-state index in [0.717, 1.165) is 105 Å². The van der Waals surface area contributed by atoms with Crippen molar-refractivity contribution in [3.05, 3.63) is 176 Å². The second kappa shape index (κ2) is 12.3. The van der Waals surface area contributed by atoms with Gasteiger partial charge in [-0.1, -0.05) is 140 Å². The lowest BCUT2D eigenvalue weighted by atomic mass is 9.92. The fraction of sp³-hybridized carbons (Fsp3) is 0. The second-order valence-electron chi connectivity index (χ2n) is 14.3. The summed E-state index contributed by atoms with van der Waals surface area (Å²) in [5, 5.41) is 6.33. The molecule has 0 spiro atoms. The van der Waals surface area contributed by atoms with Gasteiger partial charge in [-0.15, -0.1) is 0 Å². The first-order valence-electron chi connectivity index (χ1n) is 18.9. The monoisotopic (exact) mass is 731 g/mol. The molecule has 4 aromatic heterocycles. The highest BCUT2D eigenvalue weighted by Crippen LogP contribution is 2.45. The number of aromatic nitrogens is 3. The maximum absolute atomic E-state index is 6.72. The molecule has 0 bridgehead atoms. The molecule has 0 fully saturated rings. The number of benzene rings is 8. The standard InChI is InChI=1S/C51H29N3O3/c1-2-12-31(13-3-1)49-52-50(54-51(53-49)39-18-11-23-44-46(39)37-15-5-8-20-41(37)56-44)32-26-24-30(25-27-32)33-28-29-35(47-38-16-6-9-21-42(38)57-48(33)47)34-17-10-22-43-45(34)36-14-4-7-19-40(36)55-43/h1-29H. The molecule has 0 saturated carbocycles. The summed E-state index contributed by atoms with van der Waals surface area (Å²) < 4.78 is 19.2. The van der Waals surface area contributed by atoms with E-state index >= 15 is 0 Å². The highest BCUT2D eigenvalue weighted by Gasteiger charge is 2.21. The van der Waals surface area contributed by atoms with Crippen LogP contribution in [0.15, 0.2) is 189 Å². The first-order chi connectivity index (χ1) is 28.2. The van der Waals surface area contributed by atoms with Gasteiger partial charge in [0, 0.05) is 54.6 Å². The third kappa shape index (κ3) is 4.94. The van der Waals surface area contributed by atoms with Crippen LogP contribution in [0.2, 0.25) is 0 Å². The Morgan fingerprint density at radius 3 is 1.35 bits per heavy atom. The van der Waals surface area contributed by atoms with Gasteiger partial charge in [-0.25, -0.2) is 15.0 Å². The predicted molar refractivity (Wildman–Crippen MR) is 229 cm³/mol. The van der Waals surface area contributed by atoms with E-state index in [1.165, 1.54) is 0 Å². The number of fused-ring (bicyclic) bond motifs is 9. The lowest BCUT2D eigenvalue weighted by molar-refractivity contribution is 0.668. The first-order valence-corrected chi connectivity index (χ1v) is 18.9. The van der Waals surface area contributed by atoms with E-state index in [1.54, 1.807) is 0 Å². The van der Waals surface area contributed by atoms with Crippen LogP contribution >= 0.6 is 0 Å². The molecular formula is C51H29N3O3. The largest absolute Gasteiger partial charge is 0.456 e. The topological polar surface area (TPSA) is 78.1 Å². The Labute approximate surface area is 325 Å². The fourth-order valence-electron chi connectivity index (χ4n) is 8.38. The van der Waals surface area contributed by atoms with Crippen molar-refractivity contribution in [2.24, 2.45) is 0 Å². The molecule has 6 heteroatoms. The van der Waals surface area contributed by atoms with Crippen molar-refractivity contribution < 1.29 is 13.3 Å². The Morgan fingerprint density at radius 2 is 0.702 bits per heavy atom. The van der Waals surface area contributed by atoms with Crippen LogP contribution in [0.5, 0.6) is 0 Å². The average molecular weight is 732 g/mol. The van der Waals surface area contributed by atoms with Crippen LogP contribution in [0.4, 0.5) is 0 Å². The molecule has 12 rings (SSSR count). The molecule has 0 aliphatic carbocycles. The molecule has 0 unspecified atom stereocenters. The lowest BCUT2D eigenvalue weighted by Crippen LogP contribution is -2.00. The minimum atomic E-state index is 0.583. The van der Waals surface area contributed by atoms with E-state index in [0.29, 0.717) is 17.5 Å². The Balaban J connectivity index is 1.01. The zero-order valence-electron chi connectivity index (χ0n) is 30.3. The van der Waals surface area contributed by atoms with E-state index in [2.05, 4.69) is 84.9 Å². The molecule has 8 aromatic carbocycles. The van der Waals surface area contributed by atoms with Gasteiger partial charge < -0.3 is 13.3 Å². The van der Waals surface area contributed by atoms with Crippen LogP contribution in [0, 0.1) is 0 Å². The van der Waals surface area contributed by atoms with Gasteiger partial charge in [0.2, 0.25) is 0 Å². The highest BCUT2D eigenvalue weighted by atomic mass is 16.3. The molecule has 0 atom stereocenters. The molecule has 0 amide bonds. The minimum Gasteiger partial charge on any atom is -0.456 e. The normalized spacial score (nSPS) is 11.9. The maximum atomic E-state index is 6.72. The Kier molecular flexibility index (Phi) is 6.83. The van der Waals surface area contributed by atoms with Crippen LogP contribution < -0.4 is 0 Å². The zero-order valence-corrected chi connectivity index (χ0v) is 30.3. The Bertz CT molecular complexity index is 3520. The Morgan fingerprint density at radius 1 is 0.263 bits per heavy atom. The minimum absolute atomic E-state index is 0.583. The van der Waals surface area contributed by atoms with Crippen molar-refractivity contribution in [3.63, 3.8) is 0 Å². The third-order valence-electron chi connectivity index (χ3n) is 11.0. The molecule has 0 aliphatic rings. The van der Waals surface area contributed by atoms with Crippen LogP contribution in [0.25, 0.3) is 122 Å². The van der Waals surface area contributed by atoms with Crippen LogP contribution in [0.3, 0.4) is 0 Å². The van der Waals surface area contributed by atoms with Gasteiger partial charge in [-0.2, -0.15) is 0 Å². The summed E-state index contributed by atoms with van der Waals surface area (Å²) in [6, 6.07) is 59.7. The average Bonchev–Trinajstić information content (AvgIpc) is 3.98. The number of furan rings is 3. The third-order valence-corrected chi connectivity index (χ3v) is 11.0. The van der Waals surface area contributed by atoms with Crippen molar-refractivity contribution in [1.29, 1.82) is 0 Å². The van der Waals surface area contributed by atoms with Crippen LogP contribution in [-0.2, 0) is 0 Å². The fourth-order valence-corrected chi connectivity index (χ4v) is 8.38. The van der Waals surface area contributed by atoms with E-state index in [-0.39, 0.29) is 0 Å². The van der Waals surface area contributed by atoms with Gasteiger partial charge in [0.05, 0.1) is 0 Å². The predicted octanol–water partition coefficient (Wildman–Crippen LogP) is 13.9. The lowest BCUT2D eigenvalue weighted by Gasteiger charge is -2.11.